The Morgan fingerprint density at radius 2 is 1.79 bits per heavy atom. The van der Waals surface area contributed by atoms with Crippen LogP contribution in [0.4, 0.5) is 0 Å². The molecule has 0 amide bonds. The molecule has 0 radical (unpaired) electrons. The summed E-state index contributed by atoms with van der Waals surface area (Å²) in [5.74, 6) is -0.336. The molecule has 4 nitrogen and oxygen atoms in total. The van der Waals surface area contributed by atoms with Gasteiger partial charge < -0.3 is 9.14 Å². The highest BCUT2D eigenvalue weighted by molar-refractivity contribution is 6.04. The minimum Gasteiger partial charge on any atom is -0.465 e. The number of rotatable bonds is 2. The molecule has 118 valence electrons. The fourth-order valence-corrected chi connectivity index (χ4v) is 3.09. The van der Waals surface area contributed by atoms with Gasteiger partial charge in [0.1, 0.15) is 5.65 Å². The van der Waals surface area contributed by atoms with Crippen molar-refractivity contribution in [3.05, 3.63) is 72.1 Å². The molecule has 0 fully saturated rings. The molecule has 24 heavy (non-hydrogen) atoms. The minimum atomic E-state index is -0.336. The van der Waals surface area contributed by atoms with Gasteiger partial charge in [0.25, 0.3) is 0 Å². The van der Waals surface area contributed by atoms with Gasteiger partial charge in [0.05, 0.1) is 18.4 Å². The molecule has 0 atom stereocenters. The van der Waals surface area contributed by atoms with Crippen molar-refractivity contribution in [3.8, 4) is 22.4 Å². The van der Waals surface area contributed by atoms with Gasteiger partial charge >= 0.3 is 5.97 Å². The maximum Gasteiger partial charge on any atom is 0.338 e. The van der Waals surface area contributed by atoms with Crippen LogP contribution in [-0.2, 0) is 4.74 Å². The van der Waals surface area contributed by atoms with E-state index < -0.39 is 0 Å². The van der Waals surface area contributed by atoms with Crippen LogP contribution in [0.15, 0.2) is 60.8 Å². The molecule has 0 saturated carbocycles. The Bertz CT molecular complexity index is 1030. The topological polar surface area (TPSA) is 43.6 Å². The maximum atomic E-state index is 12.2. The molecule has 0 aromatic carbocycles. The molecule has 2 aliphatic carbocycles. The van der Waals surface area contributed by atoms with Crippen LogP contribution in [0.1, 0.15) is 16.1 Å². The zero-order chi connectivity index (χ0) is 16.7. The van der Waals surface area contributed by atoms with Crippen molar-refractivity contribution in [2.75, 3.05) is 7.11 Å². The highest BCUT2D eigenvalue weighted by atomic mass is 16.5. The zero-order valence-electron chi connectivity index (χ0n) is 13.5. The van der Waals surface area contributed by atoms with Crippen LogP contribution in [0, 0.1) is 6.92 Å². The van der Waals surface area contributed by atoms with E-state index >= 15 is 0 Å². The van der Waals surface area contributed by atoms with E-state index in [4.69, 9.17) is 9.72 Å². The van der Waals surface area contributed by atoms with Crippen LogP contribution >= 0.6 is 0 Å². The van der Waals surface area contributed by atoms with Crippen LogP contribution in [0.5, 0.6) is 0 Å². The first-order valence-electron chi connectivity index (χ1n) is 7.74. The Morgan fingerprint density at radius 3 is 2.54 bits per heavy atom. The van der Waals surface area contributed by atoms with E-state index in [1.54, 1.807) is 0 Å². The number of fused-ring (bicyclic) bond motifs is 2. The van der Waals surface area contributed by atoms with Crippen molar-refractivity contribution in [1.29, 1.82) is 0 Å². The molecule has 2 heterocycles. The molecular formula is C20H16N2O2. The molecule has 2 aromatic heterocycles. The summed E-state index contributed by atoms with van der Waals surface area (Å²) in [5.41, 5.74) is 6.20. The summed E-state index contributed by atoms with van der Waals surface area (Å²) >= 11 is 0. The lowest BCUT2D eigenvalue weighted by molar-refractivity contribution is 0.0602. The number of carbonyl (C=O) groups is 1. The summed E-state index contributed by atoms with van der Waals surface area (Å²) in [5, 5.41) is 0. The van der Waals surface area contributed by atoms with Crippen molar-refractivity contribution in [1.82, 2.24) is 9.38 Å². The van der Waals surface area contributed by atoms with E-state index in [0.29, 0.717) is 5.56 Å². The average Bonchev–Trinajstić information content (AvgIpc) is 3.09. The summed E-state index contributed by atoms with van der Waals surface area (Å²) in [4.78, 5) is 16.9. The van der Waals surface area contributed by atoms with E-state index in [-0.39, 0.29) is 5.97 Å². The third kappa shape index (κ3) is 2.15. The van der Waals surface area contributed by atoms with Gasteiger partial charge in [-0.05, 0) is 36.2 Å². The molecule has 0 spiro atoms. The van der Waals surface area contributed by atoms with E-state index in [9.17, 15) is 4.79 Å². The number of imidazole rings is 1. The molecule has 2 aromatic rings. The van der Waals surface area contributed by atoms with Gasteiger partial charge in [-0.15, -0.1) is 0 Å². The van der Waals surface area contributed by atoms with Crippen molar-refractivity contribution >= 4 is 11.6 Å². The van der Waals surface area contributed by atoms with Crippen LogP contribution in [0.2, 0.25) is 0 Å². The maximum absolute atomic E-state index is 12.2. The third-order valence-corrected chi connectivity index (χ3v) is 4.28. The van der Waals surface area contributed by atoms with Crippen molar-refractivity contribution in [2.24, 2.45) is 0 Å². The number of hydrogen-bond acceptors (Lipinski definition) is 3. The third-order valence-electron chi connectivity index (χ3n) is 4.28. The Hall–Kier alpha value is -3.14. The molecule has 4 heteroatoms. The fourth-order valence-electron chi connectivity index (χ4n) is 3.09. The van der Waals surface area contributed by atoms with Gasteiger partial charge in [-0.25, -0.2) is 9.78 Å². The average molecular weight is 316 g/mol. The lowest BCUT2D eigenvalue weighted by Gasteiger charge is -1.99. The molecule has 0 aliphatic heterocycles. The molecule has 0 N–H and O–H groups in total. The first kappa shape index (κ1) is 14.5. The van der Waals surface area contributed by atoms with Gasteiger partial charge in [0.2, 0.25) is 0 Å². The molecule has 2 aliphatic rings. The van der Waals surface area contributed by atoms with Crippen LogP contribution < -0.4 is 0 Å². The lowest BCUT2D eigenvalue weighted by Crippen LogP contribution is -1.99. The monoisotopic (exact) mass is 316 g/mol. The standard InChI is InChI=1S/C20H16N2O2/c1-13-7-6-10-19-21-18(12-22(13)19)16-11-17(20(23)24-2)15-9-5-3-4-8-14(15)16/h3-12H,1-2H3. The number of aryl methyl sites for hydroxylation is 1. The predicted molar refractivity (Wildman–Crippen MR) is 93.3 cm³/mol. The second-order valence-electron chi connectivity index (χ2n) is 5.72. The van der Waals surface area contributed by atoms with Crippen molar-refractivity contribution in [2.45, 2.75) is 6.92 Å². The van der Waals surface area contributed by atoms with Crippen LogP contribution in [-0.4, -0.2) is 22.5 Å². The number of carbonyl (C=O) groups excluding carboxylic acids is 1. The lowest BCUT2D eigenvalue weighted by atomic mass is 10.1. The Kier molecular flexibility index (Phi) is 3.31. The Balaban J connectivity index is 1.99. The predicted octanol–water partition coefficient (Wildman–Crippen LogP) is 4.20. The van der Waals surface area contributed by atoms with Gasteiger partial charge in [-0.1, -0.05) is 36.4 Å². The number of esters is 1. The van der Waals surface area contributed by atoms with Crippen molar-refractivity contribution < 1.29 is 9.53 Å². The van der Waals surface area contributed by atoms with E-state index in [2.05, 4.69) is 4.40 Å². The summed E-state index contributed by atoms with van der Waals surface area (Å²) in [6.07, 6.45) is 2.01. The number of hydrogen-bond donors (Lipinski definition) is 0. The summed E-state index contributed by atoms with van der Waals surface area (Å²) in [6.45, 7) is 2.04. The molecule has 0 saturated heterocycles. The zero-order valence-corrected chi connectivity index (χ0v) is 13.5. The number of aromatic nitrogens is 2. The van der Waals surface area contributed by atoms with Crippen LogP contribution in [0.25, 0.3) is 28.0 Å². The SMILES string of the molecule is COC(=O)c1cc(-c2cn3c(C)cccc3n2)c2cccccc1-2. The van der Waals surface area contributed by atoms with Gasteiger partial charge in [0.15, 0.2) is 0 Å². The highest BCUT2D eigenvalue weighted by Gasteiger charge is 2.22. The van der Waals surface area contributed by atoms with Gasteiger partial charge in [-0.3, -0.25) is 0 Å². The number of methoxy groups -OCH3 is 1. The second kappa shape index (κ2) is 5.49. The fraction of sp³-hybridized carbons (Fsp3) is 0.100. The largest absolute Gasteiger partial charge is 0.465 e. The van der Waals surface area contributed by atoms with Gasteiger partial charge in [0, 0.05) is 17.5 Å². The smallest absolute Gasteiger partial charge is 0.338 e. The number of nitrogens with zero attached hydrogens (tertiary/aromatic N) is 2. The Morgan fingerprint density at radius 1 is 1.00 bits per heavy atom. The van der Waals surface area contributed by atoms with Gasteiger partial charge in [-0.2, -0.15) is 0 Å². The quantitative estimate of drug-likeness (QED) is 0.521. The minimum absolute atomic E-state index is 0.336. The summed E-state index contributed by atoms with van der Waals surface area (Å²) in [6, 6.07) is 17.7. The van der Waals surface area contributed by atoms with E-state index in [1.165, 1.54) is 7.11 Å². The van der Waals surface area contributed by atoms with E-state index in [0.717, 1.165) is 33.7 Å². The number of ether oxygens (including phenoxy) is 1. The Labute approximate surface area is 139 Å². The van der Waals surface area contributed by atoms with Crippen molar-refractivity contribution in [3.63, 3.8) is 0 Å². The normalized spacial score (nSPS) is 11.1. The summed E-state index contributed by atoms with van der Waals surface area (Å²) < 4.78 is 6.99. The molecule has 4 rings (SSSR count). The highest BCUT2D eigenvalue weighted by Crippen LogP contribution is 2.38. The first-order valence-corrected chi connectivity index (χ1v) is 7.74. The summed E-state index contributed by atoms with van der Waals surface area (Å²) in [7, 11) is 1.40. The molecule has 0 unspecified atom stereocenters. The first-order chi connectivity index (χ1) is 11.7. The molecular weight excluding hydrogens is 300 g/mol. The van der Waals surface area contributed by atoms with Crippen LogP contribution in [0.3, 0.4) is 0 Å². The number of pyridine rings is 1. The second-order valence-corrected chi connectivity index (χ2v) is 5.72. The molecule has 0 bridgehead atoms. The van der Waals surface area contributed by atoms with E-state index in [1.807, 2.05) is 67.7 Å².